The molecule has 0 aliphatic carbocycles. The molecular formula is C25H29N5O6. The number of carbonyl (C=O) groups excluding carboxylic acids is 3. The van der Waals surface area contributed by atoms with Crippen molar-refractivity contribution in [2.45, 2.75) is 19.5 Å². The first-order valence-electron chi connectivity index (χ1n) is 11.4. The maximum absolute atomic E-state index is 13.5. The Labute approximate surface area is 209 Å². The van der Waals surface area contributed by atoms with Crippen LogP contribution in [0, 0.1) is 0 Å². The third-order valence-corrected chi connectivity index (χ3v) is 5.94. The molecule has 2 heterocycles. The lowest BCUT2D eigenvalue weighted by atomic mass is 10.1. The van der Waals surface area contributed by atoms with Crippen LogP contribution in [0.15, 0.2) is 54.4 Å². The largest absolute Gasteiger partial charge is 0.493 e. The van der Waals surface area contributed by atoms with Crippen LogP contribution in [0.2, 0.25) is 0 Å². The standard InChI is InChI=1S/C25H29N5O6/c1-5-28-14-18-22(27-28)24(32)30(13-16-9-7-6-8-10-16)25(33)29(18)15-21(31)26-17-11-19(34-2)23(36-4)20(12-17)35-3/h6-12,14,22,27H,5,13,15H2,1-4H3,(H,26,31). The lowest BCUT2D eigenvalue weighted by molar-refractivity contribution is -0.133. The van der Waals surface area contributed by atoms with Gasteiger partial charge < -0.3 is 24.5 Å². The second kappa shape index (κ2) is 10.6. The van der Waals surface area contributed by atoms with Crippen molar-refractivity contribution >= 4 is 23.5 Å². The third-order valence-electron chi connectivity index (χ3n) is 5.94. The van der Waals surface area contributed by atoms with E-state index in [-0.39, 0.29) is 19.0 Å². The van der Waals surface area contributed by atoms with Crippen LogP contribution in [0.3, 0.4) is 0 Å². The number of nitrogens with one attached hydrogen (secondary N) is 2. The van der Waals surface area contributed by atoms with Crippen LogP contribution in [-0.4, -0.2) is 73.1 Å². The van der Waals surface area contributed by atoms with Gasteiger partial charge in [-0.3, -0.25) is 19.4 Å². The molecule has 1 unspecified atom stereocenters. The van der Waals surface area contributed by atoms with E-state index >= 15 is 0 Å². The molecule has 1 atom stereocenters. The fourth-order valence-corrected chi connectivity index (χ4v) is 4.17. The second-order valence-corrected chi connectivity index (χ2v) is 8.14. The van der Waals surface area contributed by atoms with Crippen LogP contribution in [0.1, 0.15) is 12.5 Å². The van der Waals surface area contributed by atoms with Crippen molar-refractivity contribution < 1.29 is 28.6 Å². The van der Waals surface area contributed by atoms with Crippen LogP contribution in [0.25, 0.3) is 0 Å². The van der Waals surface area contributed by atoms with Gasteiger partial charge in [0.2, 0.25) is 11.7 Å². The Morgan fingerprint density at radius 3 is 2.25 bits per heavy atom. The quantitative estimate of drug-likeness (QED) is 0.544. The number of carbonyl (C=O) groups is 3. The zero-order chi connectivity index (χ0) is 25.8. The zero-order valence-electron chi connectivity index (χ0n) is 20.6. The summed E-state index contributed by atoms with van der Waals surface area (Å²) in [5.74, 6) is 0.321. The molecule has 190 valence electrons. The Hall–Kier alpha value is -4.25. The van der Waals surface area contributed by atoms with Crippen molar-refractivity contribution in [3.05, 3.63) is 59.9 Å². The minimum Gasteiger partial charge on any atom is -0.493 e. The van der Waals surface area contributed by atoms with Crippen molar-refractivity contribution in [1.82, 2.24) is 20.2 Å². The molecule has 11 nitrogen and oxygen atoms in total. The molecule has 11 heteroatoms. The molecule has 2 aliphatic heterocycles. The number of amides is 4. The summed E-state index contributed by atoms with van der Waals surface area (Å²) < 4.78 is 16.0. The minimum absolute atomic E-state index is 0.0983. The Kier molecular flexibility index (Phi) is 7.30. The van der Waals surface area contributed by atoms with Crippen molar-refractivity contribution in [2.75, 3.05) is 39.7 Å². The van der Waals surface area contributed by atoms with E-state index in [1.807, 2.05) is 37.3 Å². The van der Waals surface area contributed by atoms with Gasteiger partial charge in [-0.15, -0.1) is 0 Å². The monoisotopic (exact) mass is 495 g/mol. The maximum atomic E-state index is 13.5. The van der Waals surface area contributed by atoms with E-state index in [2.05, 4.69) is 10.7 Å². The van der Waals surface area contributed by atoms with E-state index in [9.17, 15) is 14.4 Å². The van der Waals surface area contributed by atoms with Gasteiger partial charge in [0.15, 0.2) is 11.5 Å². The highest BCUT2D eigenvalue weighted by Gasteiger charge is 2.46. The predicted octanol–water partition coefficient (Wildman–Crippen LogP) is 2.17. The molecule has 0 saturated carbocycles. The van der Waals surface area contributed by atoms with Gasteiger partial charge in [-0.2, -0.15) is 0 Å². The summed E-state index contributed by atoms with van der Waals surface area (Å²) >= 11 is 0. The van der Waals surface area contributed by atoms with Crippen LogP contribution in [-0.2, 0) is 16.1 Å². The summed E-state index contributed by atoms with van der Waals surface area (Å²) in [5, 5.41) is 4.50. The maximum Gasteiger partial charge on any atom is 0.331 e. The van der Waals surface area contributed by atoms with E-state index in [1.165, 1.54) is 26.2 Å². The van der Waals surface area contributed by atoms with Crippen LogP contribution >= 0.6 is 0 Å². The SMILES string of the molecule is CCN1C=C2C(N1)C(=O)N(Cc1ccccc1)C(=O)N2CC(=O)Nc1cc(OC)c(OC)c(OC)c1. The zero-order valence-corrected chi connectivity index (χ0v) is 20.6. The van der Waals surface area contributed by atoms with Gasteiger partial charge >= 0.3 is 6.03 Å². The molecule has 2 N–H and O–H groups in total. The number of imide groups is 1. The van der Waals surface area contributed by atoms with Crippen LogP contribution in [0.4, 0.5) is 10.5 Å². The summed E-state index contributed by atoms with van der Waals surface area (Å²) in [7, 11) is 4.45. The highest BCUT2D eigenvalue weighted by molar-refractivity contribution is 6.05. The summed E-state index contributed by atoms with van der Waals surface area (Å²) in [6.45, 7) is 2.29. The molecule has 2 aromatic carbocycles. The first kappa shape index (κ1) is 24.9. The van der Waals surface area contributed by atoms with Crippen LogP contribution in [0.5, 0.6) is 17.2 Å². The van der Waals surface area contributed by atoms with Gasteiger partial charge in [0.1, 0.15) is 12.6 Å². The Morgan fingerprint density at radius 1 is 1.00 bits per heavy atom. The topological polar surface area (TPSA) is 113 Å². The van der Waals surface area contributed by atoms with Gasteiger partial charge in [-0.1, -0.05) is 30.3 Å². The fraction of sp³-hybridized carbons (Fsp3) is 0.320. The second-order valence-electron chi connectivity index (χ2n) is 8.14. The lowest BCUT2D eigenvalue weighted by Gasteiger charge is -2.37. The number of hydrazine groups is 1. The predicted molar refractivity (Wildman–Crippen MR) is 131 cm³/mol. The van der Waals surface area contributed by atoms with Gasteiger partial charge in [-0.05, 0) is 12.5 Å². The normalized spacial score (nSPS) is 17.1. The number of fused-ring (bicyclic) bond motifs is 1. The summed E-state index contributed by atoms with van der Waals surface area (Å²) in [6.07, 6.45) is 1.69. The Bertz CT molecular complexity index is 1160. The first-order valence-corrected chi connectivity index (χ1v) is 11.4. The fourth-order valence-electron chi connectivity index (χ4n) is 4.17. The first-order chi connectivity index (χ1) is 17.4. The van der Waals surface area contributed by atoms with Gasteiger partial charge in [0.05, 0.1) is 33.6 Å². The number of methoxy groups -OCH3 is 3. The number of hydrogen-bond acceptors (Lipinski definition) is 8. The molecule has 0 radical (unpaired) electrons. The summed E-state index contributed by atoms with van der Waals surface area (Å²) in [5.41, 5.74) is 4.74. The molecule has 1 fully saturated rings. The van der Waals surface area contributed by atoms with Crippen molar-refractivity contribution in [1.29, 1.82) is 0 Å². The Morgan fingerprint density at radius 2 is 1.67 bits per heavy atom. The highest BCUT2D eigenvalue weighted by atomic mass is 16.5. The Balaban J connectivity index is 1.58. The molecular weight excluding hydrogens is 466 g/mol. The number of benzene rings is 2. The van der Waals surface area contributed by atoms with E-state index in [0.29, 0.717) is 35.2 Å². The molecule has 0 aromatic heterocycles. The summed E-state index contributed by atoms with van der Waals surface area (Å²) in [6, 6.07) is 11.1. The molecule has 1 saturated heterocycles. The molecule has 0 spiro atoms. The number of nitrogens with zero attached hydrogens (tertiary/aromatic N) is 3. The smallest absolute Gasteiger partial charge is 0.331 e. The summed E-state index contributed by atoms with van der Waals surface area (Å²) in [4.78, 5) is 42.2. The average molecular weight is 496 g/mol. The number of rotatable bonds is 9. The van der Waals surface area contributed by atoms with E-state index in [4.69, 9.17) is 14.2 Å². The number of urea groups is 1. The molecule has 0 bridgehead atoms. The molecule has 2 aliphatic rings. The van der Waals surface area contributed by atoms with Crippen LogP contribution < -0.4 is 25.0 Å². The number of ether oxygens (including phenoxy) is 3. The minimum atomic E-state index is -0.764. The molecule has 4 rings (SSSR count). The third kappa shape index (κ3) is 4.78. The lowest BCUT2D eigenvalue weighted by Crippen LogP contribution is -2.61. The van der Waals surface area contributed by atoms with Gasteiger partial charge in [-0.25, -0.2) is 10.2 Å². The van der Waals surface area contributed by atoms with Crippen molar-refractivity contribution in [3.8, 4) is 17.2 Å². The highest BCUT2D eigenvalue weighted by Crippen LogP contribution is 2.40. The van der Waals surface area contributed by atoms with Crippen molar-refractivity contribution in [2.24, 2.45) is 0 Å². The molecule has 4 amide bonds. The average Bonchev–Trinajstić information content (AvgIpc) is 3.33. The number of anilines is 1. The molecule has 2 aromatic rings. The van der Waals surface area contributed by atoms with Crippen molar-refractivity contribution in [3.63, 3.8) is 0 Å². The van der Waals surface area contributed by atoms with Gasteiger partial charge in [0.25, 0.3) is 5.91 Å². The van der Waals surface area contributed by atoms with E-state index < -0.39 is 18.0 Å². The number of hydrogen-bond donors (Lipinski definition) is 2. The molecule has 36 heavy (non-hydrogen) atoms. The van der Waals surface area contributed by atoms with Gasteiger partial charge in [0, 0.05) is 30.6 Å². The van der Waals surface area contributed by atoms with E-state index in [1.54, 1.807) is 23.3 Å². The van der Waals surface area contributed by atoms with E-state index in [0.717, 1.165) is 10.5 Å².